The van der Waals surface area contributed by atoms with Crippen LogP contribution in [0.1, 0.15) is 18.4 Å². The van der Waals surface area contributed by atoms with E-state index in [0.717, 1.165) is 18.2 Å². The predicted molar refractivity (Wildman–Crippen MR) is 53.0 cm³/mol. The number of benzene rings is 1. The van der Waals surface area contributed by atoms with Crippen molar-refractivity contribution in [1.29, 1.82) is 0 Å². The summed E-state index contributed by atoms with van der Waals surface area (Å²) in [7, 11) is 0. The summed E-state index contributed by atoms with van der Waals surface area (Å²) in [6, 6.07) is 3.16. The number of aliphatic hydroxyl groups excluding tert-OH is 1. The summed E-state index contributed by atoms with van der Waals surface area (Å²) in [4.78, 5) is 4.14. The van der Waals surface area contributed by atoms with Crippen LogP contribution >= 0.6 is 0 Å². The van der Waals surface area contributed by atoms with Gasteiger partial charge in [-0.25, -0.2) is 8.78 Å². The van der Waals surface area contributed by atoms with E-state index >= 15 is 0 Å². The zero-order valence-electron chi connectivity index (χ0n) is 8.08. The molecule has 2 nitrogen and oxygen atoms in total. The van der Waals surface area contributed by atoms with E-state index in [1.54, 1.807) is 0 Å². The van der Waals surface area contributed by atoms with Crippen molar-refractivity contribution in [1.82, 2.24) is 0 Å². The van der Waals surface area contributed by atoms with Crippen LogP contribution in [-0.4, -0.2) is 23.5 Å². The molecule has 0 aromatic heterocycles. The molecule has 0 radical (unpaired) electrons. The lowest BCUT2D eigenvalue weighted by Gasteiger charge is -2.02. The van der Waals surface area contributed by atoms with Gasteiger partial charge in [-0.05, 0) is 31.0 Å². The highest BCUT2D eigenvalue weighted by molar-refractivity contribution is 6.01. The molecule has 1 unspecified atom stereocenters. The van der Waals surface area contributed by atoms with Gasteiger partial charge in [-0.1, -0.05) is 0 Å². The van der Waals surface area contributed by atoms with Gasteiger partial charge in [-0.15, -0.1) is 0 Å². The SMILES string of the molecule is OCC1CCC(c2cc(F)ccc2F)=N1. The molecule has 0 aliphatic carbocycles. The largest absolute Gasteiger partial charge is 0.394 e. The highest BCUT2D eigenvalue weighted by Gasteiger charge is 2.20. The third kappa shape index (κ3) is 2.04. The second-order valence-electron chi connectivity index (χ2n) is 3.58. The Kier molecular flexibility index (Phi) is 2.77. The van der Waals surface area contributed by atoms with Gasteiger partial charge in [-0.3, -0.25) is 4.99 Å². The van der Waals surface area contributed by atoms with Crippen molar-refractivity contribution in [3.8, 4) is 0 Å². The van der Waals surface area contributed by atoms with Gasteiger partial charge in [-0.2, -0.15) is 0 Å². The summed E-state index contributed by atoms with van der Waals surface area (Å²) in [6.07, 6.45) is 1.29. The van der Waals surface area contributed by atoms with Crippen molar-refractivity contribution in [2.24, 2.45) is 4.99 Å². The predicted octanol–water partition coefficient (Wildman–Crippen LogP) is 1.91. The molecule has 15 heavy (non-hydrogen) atoms. The summed E-state index contributed by atoms with van der Waals surface area (Å²) < 4.78 is 26.3. The van der Waals surface area contributed by atoms with E-state index in [2.05, 4.69) is 4.99 Å². The normalized spacial score (nSPS) is 20.5. The number of nitrogens with zero attached hydrogens (tertiary/aromatic N) is 1. The quantitative estimate of drug-likeness (QED) is 0.796. The summed E-state index contributed by atoms with van der Waals surface area (Å²) in [5.41, 5.74) is 0.761. The highest BCUT2D eigenvalue weighted by Crippen LogP contribution is 2.21. The number of aliphatic imine (C=N–C) groups is 1. The summed E-state index contributed by atoms with van der Waals surface area (Å²) >= 11 is 0. The van der Waals surface area contributed by atoms with E-state index in [4.69, 9.17) is 5.11 Å². The first-order chi connectivity index (χ1) is 7.20. The fourth-order valence-electron chi connectivity index (χ4n) is 1.71. The minimum Gasteiger partial charge on any atom is -0.394 e. The highest BCUT2D eigenvalue weighted by atomic mass is 19.1. The van der Waals surface area contributed by atoms with E-state index in [9.17, 15) is 8.78 Å². The van der Waals surface area contributed by atoms with Crippen LogP contribution in [0.2, 0.25) is 0 Å². The van der Waals surface area contributed by atoms with Crippen molar-refractivity contribution in [2.75, 3.05) is 6.61 Å². The van der Waals surface area contributed by atoms with Gasteiger partial charge < -0.3 is 5.11 Å². The van der Waals surface area contributed by atoms with Gasteiger partial charge in [0.05, 0.1) is 12.6 Å². The third-order valence-corrected chi connectivity index (χ3v) is 2.50. The standard InChI is InChI=1S/C11H11F2NO/c12-7-1-3-10(13)9(5-7)11-4-2-8(6-15)14-11/h1,3,5,8,15H,2,4,6H2. The monoisotopic (exact) mass is 211 g/mol. The van der Waals surface area contributed by atoms with Gasteiger partial charge in [0, 0.05) is 11.3 Å². The first kappa shape index (κ1) is 10.2. The van der Waals surface area contributed by atoms with Gasteiger partial charge >= 0.3 is 0 Å². The van der Waals surface area contributed by atoms with Crippen LogP contribution in [0.5, 0.6) is 0 Å². The van der Waals surface area contributed by atoms with Gasteiger partial charge in [0.25, 0.3) is 0 Å². The van der Waals surface area contributed by atoms with E-state index in [1.807, 2.05) is 0 Å². The van der Waals surface area contributed by atoms with E-state index in [0.29, 0.717) is 18.6 Å². The molecule has 1 aromatic carbocycles. The maximum atomic E-state index is 13.3. The molecule has 1 aromatic rings. The Labute approximate surface area is 86.3 Å². The molecule has 0 saturated carbocycles. The molecule has 0 bridgehead atoms. The number of hydrogen-bond donors (Lipinski definition) is 1. The summed E-state index contributed by atoms with van der Waals surface area (Å²) in [6.45, 7) is -0.0412. The molecule has 1 atom stereocenters. The van der Waals surface area contributed by atoms with Crippen molar-refractivity contribution >= 4 is 5.71 Å². The number of rotatable bonds is 2. The Balaban J connectivity index is 2.34. The smallest absolute Gasteiger partial charge is 0.132 e. The Bertz CT molecular complexity index is 404. The molecule has 80 valence electrons. The van der Waals surface area contributed by atoms with Crippen LogP contribution < -0.4 is 0 Å². The van der Waals surface area contributed by atoms with Crippen molar-refractivity contribution in [3.05, 3.63) is 35.4 Å². The van der Waals surface area contributed by atoms with Crippen molar-refractivity contribution in [2.45, 2.75) is 18.9 Å². The van der Waals surface area contributed by atoms with E-state index < -0.39 is 11.6 Å². The molecule has 2 rings (SSSR count). The Hall–Kier alpha value is -1.29. The molecule has 0 fully saturated rings. The lowest BCUT2D eigenvalue weighted by atomic mass is 10.1. The van der Waals surface area contributed by atoms with Crippen LogP contribution in [0.4, 0.5) is 8.78 Å². The number of halogens is 2. The molecule has 0 spiro atoms. The topological polar surface area (TPSA) is 32.6 Å². The van der Waals surface area contributed by atoms with Crippen molar-refractivity contribution in [3.63, 3.8) is 0 Å². The van der Waals surface area contributed by atoms with E-state index in [-0.39, 0.29) is 18.2 Å². The maximum Gasteiger partial charge on any atom is 0.132 e. The second-order valence-corrected chi connectivity index (χ2v) is 3.58. The lowest BCUT2D eigenvalue weighted by molar-refractivity contribution is 0.267. The second kappa shape index (κ2) is 4.06. The molecule has 1 N–H and O–H groups in total. The van der Waals surface area contributed by atoms with Crippen LogP contribution in [0.25, 0.3) is 0 Å². The van der Waals surface area contributed by atoms with Crippen LogP contribution in [0, 0.1) is 11.6 Å². The van der Waals surface area contributed by atoms with Crippen molar-refractivity contribution < 1.29 is 13.9 Å². The molecule has 1 heterocycles. The Morgan fingerprint density at radius 3 is 2.87 bits per heavy atom. The summed E-state index contributed by atoms with van der Waals surface area (Å²) in [5, 5.41) is 8.88. The Morgan fingerprint density at radius 1 is 1.40 bits per heavy atom. The molecule has 1 aliphatic rings. The van der Waals surface area contributed by atoms with Crippen LogP contribution in [-0.2, 0) is 0 Å². The lowest BCUT2D eigenvalue weighted by Crippen LogP contribution is -2.04. The number of hydrogen-bond acceptors (Lipinski definition) is 2. The molecule has 0 saturated heterocycles. The number of aliphatic hydroxyl groups is 1. The van der Waals surface area contributed by atoms with Crippen LogP contribution in [0.3, 0.4) is 0 Å². The zero-order valence-corrected chi connectivity index (χ0v) is 8.08. The fraction of sp³-hybridized carbons (Fsp3) is 0.364. The zero-order chi connectivity index (χ0) is 10.8. The fourth-order valence-corrected chi connectivity index (χ4v) is 1.71. The minimum absolute atomic E-state index is 0.0412. The molecule has 0 amide bonds. The molecule has 1 aliphatic heterocycles. The Morgan fingerprint density at radius 2 is 2.20 bits per heavy atom. The molecular weight excluding hydrogens is 200 g/mol. The van der Waals surface area contributed by atoms with Crippen LogP contribution in [0.15, 0.2) is 23.2 Å². The summed E-state index contributed by atoms with van der Waals surface area (Å²) in [5.74, 6) is -0.935. The minimum atomic E-state index is -0.471. The van der Waals surface area contributed by atoms with E-state index in [1.165, 1.54) is 0 Å². The third-order valence-electron chi connectivity index (χ3n) is 2.50. The average Bonchev–Trinajstić information content (AvgIpc) is 2.70. The molecular formula is C11H11F2NO. The maximum absolute atomic E-state index is 13.3. The first-order valence-corrected chi connectivity index (χ1v) is 4.83. The molecule has 4 heteroatoms. The van der Waals surface area contributed by atoms with Gasteiger partial charge in [0.15, 0.2) is 0 Å². The first-order valence-electron chi connectivity index (χ1n) is 4.83. The van der Waals surface area contributed by atoms with Gasteiger partial charge in [0.1, 0.15) is 11.6 Å². The van der Waals surface area contributed by atoms with Gasteiger partial charge in [0.2, 0.25) is 0 Å². The average molecular weight is 211 g/mol.